The molecule has 4 rings (SSSR count). The van der Waals surface area contributed by atoms with Crippen LogP contribution in [0.5, 0.6) is 0 Å². The van der Waals surface area contributed by atoms with E-state index in [0.717, 1.165) is 6.07 Å². The van der Waals surface area contributed by atoms with Crippen molar-refractivity contribution < 1.29 is 22.8 Å². The molecule has 3 aromatic rings. The van der Waals surface area contributed by atoms with E-state index >= 15 is 0 Å². The highest BCUT2D eigenvalue weighted by atomic mass is 79.9. The minimum absolute atomic E-state index is 0.0964. The number of alkyl halides is 3. The van der Waals surface area contributed by atoms with Gasteiger partial charge in [0, 0.05) is 4.47 Å². The molecular formula is C21H17BrF3N5O2S. The monoisotopic (exact) mass is 539 g/mol. The summed E-state index contributed by atoms with van der Waals surface area (Å²) in [6.07, 6.45) is -0.609. The number of nitrogens with one attached hydrogen (secondary N) is 3. The van der Waals surface area contributed by atoms with Crippen LogP contribution in [0.25, 0.3) is 0 Å². The number of pyridine rings is 1. The highest BCUT2D eigenvalue weighted by molar-refractivity contribution is 9.10. The van der Waals surface area contributed by atoms with Crippen LogP contribution in [0.4, 0.5) is 24.5 Å². The minimum Gasteiger partial charge on any atom is -0.354 e. The van der Waals surface area contributed by atoms with Gasteiger partial charge in [0.15, 0.2) is 0 Å². The second-order valence-electron chi connectivity index (χ2n) is 7.44. The minimum atomic E-state index is -4.52. The first kappa shape index (κ1) is 23.2. The van der Waals surface area contributed by atoms with Gasteiger partial charge >= 0.3 is 6.18 Å². The van der Waals surface area contributed by atoms with Crippen LogP contribution in [-0.2, 0) is 17.5 Å². The molecule has 12 heteroatoms. The van der Waals surface area contributed by atoms with Crippen LogP contribution in [-0.4, -0.2) is 27.3 Å². The number of rotatable bonds is 7. The Bertz CT molecular complexity index is 1170. The third-order valence-electron chi connectivity index (χ3n) is 5.01. The fourth-order valence-corrected chi connectivity index (χ4v) is 3.98. The predicted molar refractivity (Wildman–Crippen MR) is 120 cm³/mol. The van der Waals surface area contributed by atoms with Crippen molar-refractivity contribution in [1.82, 2.24) is 20.6 Å². The summed E-state index contributed by atoms with van der Waals surface area (Å²) in [5.74, 6) is -0.654. The average Bonchev–Trinajstić information content (AvgIpc) is 3.33. The number of thiazole rings is 1. The van der Waals surface area contributed by atoms with E-state index in [4.69, 9.17) is 0 Å². The molecule has 0 aliphatic heterocycles. The topological polar surface area (TPSA) is 96.0 Å². The molecule has 1 fully saturated rings. The van der Waals surface area contributed by atoms with E-state index in [2.05, 4.69) is 41.8 Å². The molecule has 2 aromatic heterocycles. The first-order valence-corrected chi connectivity index (χ1v) is 11.4. The van der Waals surface area contributed by atoms with Gasteiger partial charge in [-0.3, -0.25) is 19.6 Å². The Morgan fingerprint density at radius 3 is 2.55 bits per heavy atom. The Hall–Kier alpha value is -2.99. The highest BCUT2D eigenvalue weighted by Gasteiger charge is 2.51. The lowest BCUT2D eigenvalue weighted by Crippen LogP contribution is -2.48. The molecule has 0 saturated heterocycles. The summed E-state index contributed by atoms with van der Waals surface area (Å²) in [6.45, 7) is 0.114. The van der Waals surface area contributed by atoms with Crippen molar-refractivity contribution in [3.63, 3.8) is 0 Å². The van der Waals surface area contributed by atoms with Crippen LogP contribution in [0.15, 0.2) is 52.7 Å². The number of aromatic nitrogens is 2. The van der Waals surface area contributed by atoms with Gasteiger partial charge in [0.25, 0.3) is 5.91 Å². The summed E-state index contributed by atoms with van der Waals surface area (Å²) in [7, 11) is 0. The van der Waals surface area contributed by atoms with Crippen LogP contribution in [0.1, 0.15) is 33.8 Å². The van der Waals surface area contributed by atoms with E-state index in [1.165, 1.54) is 35.9 Å². The van der Waals surface area contributed by atoms with Gasteiger partial charge in [0.05, 0.1) is 47.1 Å². The van der Waals surface area contributed by atoms with E-state index < -0.39 is 17.3 Å². The van der Waals surface area contributed by atoms with Crippen LogP contribution < -0.4 is 16.0 Å². The fourth-order valence-electron chi connectivity index (χ4n) is 3.10. The van der Waals surface area contributed by atoms with Gasteiger partial charge in [0.1, 0.15) is 10.4 Å². The zero-order valence-corrected chi connectivity index (χ0v) is 19.3. The first-order chi connectivity index (χ1) is 15.7. The number of anilines is 2. The third kappa shape index (κ3) is 5.50. The molecular weight excluding hydrogens is 523 g/mol. The SMILES string of the molecule is O=C(NC1(C(=O)NCc2ccc(Nc3ccc(Br)cc3C(F)(F)F)cn2)CC1)c1cncs1. The van der Waals surface area contributed by atoms with E-state index in [1.807, 2.05) is 0 Å². The van der Waals surface area contributed by atoms with Crippen LogP contribution in [0, 0.1) is 0 Å². The van der Waals surface area contributed by atoms with Crippen molar-refractivity contribution in [2.45, 2.75) is 31.1 Å². The normalized spacial score (nSPS) is 14.4. The number of nitrogens with zero attached hydrogens (tertiary/aromatic N) is 2. The Morgan fingerprint density at radius 2 is 1.94 bits per heavy atom. The summed E-state index contributed by atoms with van der Waals surface area (Å²) in [5.41, 5.74) is 0.598. The molecule has 1 aliphatic rings. The van der Waals surface area contributed by atoms with Crippen LogP contribution in [0.2, 0.25) is 0 Å². The maximum absolute atomic E-state index is 13.3. The van der Waals surface area contributed by atoms with Gasteiger partial charge in [-0.25, -0.2) is 0 Å². The molecule has 7 nitrogen and oxygen atoms in total. The van der Waals surface area contributed by atoms with Crippen molar-refractivity contribution >= 4 is 50.5 Å². The highest BCUT2D eigenvalue weighted by Crippen LogP contribution is 2.38. The zero-order chi connectivity index (χ0) is 23.6. The van der Waals surface area contributed by atoms with Gasteiger partial charge in [0.2, 0.25) is 5.91 Å². The standard InChI is InChI=1S/C21H17BrF3N5O2S/c22-12-1-4-16(15(7-12)21(23,24)25)29-14-3-2-13(27-9-14)8-28-19(32)20(5-6-20)30-18(31)17-10-26-11-33-17/h1-4,7,9-11,29H,5-6,8H2,(H,28,32)(H,30,31). The maximum atomic E-state index is 13.3. The van der Waals surface area contributed by atoms with Gasteiger partial charge in [-0.15, -0.1) is 11.3 Å². The number of benzene rings is 1. The number of amides is 2. The summed E-state index contributed by atoms with van der Waals surface area (Å²) in [6, 6.07) is 7.02. The lowest BCUT2D eigenvalue weighted by molar-refractivity contribution is -0.137. The van der Waals surface area contributed by atoms with Crippen molar-refractivity contribution in [2.75, 3.05) is 5.32 Å². The summed E-state index contributed by atoms with van der Waals surface area (Å²) >= 11 is 4.24. The van der Waals surface area contributed by atoms with Crippen molar-refractivity contribution in [3.05, 3.63) is 68.8 Å². The van der Waals surface area contributed by atoms with Crippen LogP contribution in [0.3, 0.4) is 0 Å². The van der Waals surface area contributed by atoms with Gasteiger partial charge in [-0.2, -0.15) is 13.2 Å². The van der Waals surface area contributed by atoms with Crippen molar-refractivity contribution in [1.29, 1.82) is 0 Å². The molecule has 2 amide bonds. The maximum Gasteiger partial charge on any atom is 0.418 e. The van der Waals surface area contributed by atoms with Gasteiger partial charge in [-0.1, -0.05) is 15.9 Å². The number of hydrogen-bond donors (Lipinski definition) is 3. The van der Waals surface area contributed by atoms with E-state index in [1.54, 1.807) is 17.6 Å². The summed E-state index contributed by atoms with van der Waals surface area (Å²) in [4.78, 5) is 33.3. The zero-order valence-electron chi connectivity index (χ0n) is 16.9. The lowest BCUT2D eigenvalue weighted by Gasteiger charge is -2.17. The average molecular weight is 540 g/mol. The number of halogens is 4. The third-order valence-corrected chi connectivity index (χ3v) is 6.28. The Labute approximate surface area is 199 Å². The Morgan fingerprint density at radius 1 is 1.15 bits per heavy atom. The van der Waals surface area contributed by atoms with E-state index in [9.17, 15) is 22.8 Å². The quantitative estimate of drug-likeness (QED) is 0.406. The molecule has 3 N–H and O–H groups in total. The molecule has 0 bridgehead atoms. The number of carbonyl (C=O) groups excluding carboxylic acids is 2. The molecule has 0 atom stereocenters. The van der Waals surface area contributed by atoms with Crippen molar-refractivity contribution in [3.8, 4) is 0 Å². The molecule has 33 heavy (non-hydrogen) atoms. The molecule has 0 unspecified atom stereocenters. The lowest BCUT2D eigenvalue weighted by atomic mass is 10.1. The molecule has 2 heterocycles. The Kier molecular flexibility index (Phi) is 6.39. The van der Waals surface area contributed by atoms with E-state index in [0.29, 0.717) is 33.6 Å². The molecule has 1 aliphatic carbocycles. The number of hydrogen-bond acceptors (Lipinski definition) is 6. The second-order valence-corrected chi connectivity index (χ2v) is 9.24. The second kappa shape index (κ2) is 9.10. The van der Waals surface area contributed by atoms with E-state index in [-0.39, 0.29) is 24.0 Å². The smallest absolute Gasteiger partial charge is 0.354 e. The molecule has 0 radical (unpaired) electrons. The first-order valence-electron chi connectivity index (χ1n) is 9.74. The molecule has 1 aromatic carbocycles. The molecule has 172 valence electrons. The summed E-state index contributed by atoms with van der Waals surface area (Å²) in [5, 5.41) is 8.24. The Balaban J connectivity index is 1.35. The largest absolute Gasteiger partial charge is 0.418 e. The van der Waals surface area contributed by atoms with Crippen molar-refractivity contribution in [2.24, 2.45) is 0 Å². The molecule has 0 spiro atoms. The fraction of sp³-hybridized carbons (Fsp3) is 0.238. The molecule has 1 saturated carbocycles. The predicted octanol–water partition coefficient (Wildman–Crippen LogP) is 4.64. The van der Waals surface area contributed by atoms with Gasteiger partial charge < -0.3 is 16.0 Å². The number of carbonyl (C=O) groups is 2. The summed E-state index contributed by atoms with van der Waals surface area (Å²) < 4.78 is 40.2. The van der Waals surface area contributed by atoms with Crippen LogP contribution >= 0.6 is 27.3 Å². The van der Waals surface area contributed by atoms with Gasteiger partial charge in [-0.05, 0) is 43.2 Å².